The van der Waals surface area contributed by atoms with Crippen molar-refractivity contribution in [3.63, 3.8) is 0 Å². The van der Waals surface area contributed by atoms with Crippen molar-refractivity contribution in [3.05, 3.63) is 35.4 Å². The average Bonchev–Trinajstić information content (AvgIpc) is 2.34. The third-order valence-corrected chi connectivity index (χ3v) is 2.94. The summed E-state index contributed by atoms with van der Waals surface area (Å²) < 4.78 is 37.2. The summed E-state index contributed by atoms with van der Waals surface area (Å²) in [6, 6.07) is 4.95. The van der Waals surface area contributed by atoms with E-state index in [1.807, 2.05) is 13.8 Å². The molecule has 102 valence electrons. The van der Waals surface area contributed by atoms with Gasteiger partial charge in [-0.05, 0) is 31.0 Å². The van der Waals surface area contributed by atoms with E-state index in [4.69, 9.17) is 5.11 Å². The van der Waals surface area contributed by atoms with E-state index >= 15 is 0 Å². The van der Waals surface area contributed by atoms with Crippen molar-refractivity contribution in [2.75, 3.05) is 6.61 Å². The molecule has 5 heteroatoms. The number of nitrogens with one attached hydrogen (secondary N) is 1. The molecule has 2 nitrogen and oxygen atoms in total. The van der Waals surface area contributed by atoms with E-state index in [0.29, 0.717) is 0 Å². The van der Waals surface area contributed by atoms with Crippen molar-refractivity contribution in [1.82, 2.24) is 5.32 Å². The lowest BCUT2D eigenvalue weighted by molar-refractivity contribution is -0.137. The summed E-state index contributed by atoms with van der Waals surface area (Å²) in [4.78, 5) is 0. The number of benzene rings is 1. The van der Waals surface area contributed by atoms with E-state index in [9.17, 15) is 13.2 Å². The number of hydrogen-bond acceptors (Lipinski definition) is 2. The smallest absolute Gasteiger partial charge is 0.395 e. The third kappa shape index (κ3) is 3.99. The van der Waals surface area contributed by atoms with Crippen LogP contribution in [0.5, 0.6) is 0 Å². The van der Waals surface area contributed by atoms with Gasteiger partial charge in [0.25, 0.3) is 0 Å². The fourth-order valence-electron chi connectivity index (χ4n) is 1.71. The van der Waals surface area contributed by atoms with Gasteiger partial charge < -0.3 is 10.4 Å². The van der Waals surface area contributed by atoms with Crippen LogP contribution in [0.3, 0.4) is 0 Å². The van der Waals surface area contributed by atoms with Gasteiger partial charge in [0.2, 0.25) is 0 Å². The maximum Gasteiger partial charge on any atom is 0.416 e. The molecule has 0 saturated heterocycles. The molecular formula is C13H18F3NO. The maximum atomic E-state index is 12.4. The molecule has 1 aromatic rings. The minimum atomic E-state index is -4.30. The Morgan fingerprint density at radius 3 is 2.17 bits per heavy atom. The van der Waals surface area contributed by atoms with Gasteiger partial charge in [0.15, 0.2) is 0 Å². The van der Waals surface area contributed by atoms with Gasteiger partial charge in [-0.3, -0.25) is 0 Å². The second-order valence-corrected chi connectivity index (χ2v) is 4.30. The van der Waals surface area contributed by atoms with Crippen molar-refractivity contribution >= 4 is 0 Å². The average molecular weight is 261 g/mol. The standard InChI is InChI=1S/C13H18F3NO/c1-3-12(8-18)17-9(2)10-4-6-11(7-5-10)13(14,15)16/h4-7,9,12,17-18H,3,8H2,1-2H3/t9?,12-/m1/s1. The topological polar surface area (TPSA) is 32.3 Å². The minimum absolute atomic E-state index is 0.0154. The highest BCUT2D eigenvalue weighted by atomic mass is 19.4. The number of alkyl halides is 3. The van der Waals surface area contributed by atoms with Gasteiger partial charge in [0.05, 0.1) is 12.2 Å². The number of rotatable bonds is 5. The molecule has 0 saturated carbocycles. The highest BCUT2D eigenvalue weighted by Gasteiger charge is 2.30. The Morgan fingerprint density at radius 2 is 1.78 bits per heavy atom. The fourth-order valence-corrected chi connectivity index (χ4v) is 1.71. The molecular weight excluding hydrogens is 243 g/mol. The first-order valence-electron chi connectivity index (χ1n) is 5.92. The van der Waals surface area contributed by atoms with Gasteiger partial charge in [0.1, 0.15) is 0 Å². The Labute approximate surface area is 105 Å². The van der Waals surface area contributed by atoms with Crippen molar-refractivity contribution in [2.45, 2.75) is 38.5 Å². The summed E-state index contributed by atoms with van der Waals surface area (Å²) in [7, 11) is 0. The number of halogens is 3. The molecule has 0 bridgehead atoms. The van der Waals surface area contributed by atoms with E-state index in [1.165, 1.54) is 12.1 Å². The van der Waals surface area contributed by atoms with Crippen LogP contribution in [0.15, 0.2) is 24.3 Å². The lowest BCUT2D eigenvalue weighted by Gasteiger charge is -2.21. The molecule has 0 amide bonds. The first-order valence-corrected chi connectivity index (χ1v) is 5.92. The molecule has 0 spiro atoms. The molecule has 0 aliphatic rings. The zero-order valence-corrected chi connectivity index (χ0v) is 10.5. The second-order valence-electron chi connectivity index (χ2n) is 4.30. The molecule has 0 aliphatic heterocycles. The molecule has 1 aromatic carbocycles. The van der Waals surface area contributed by atoms with Crippen LogP contribution in [0.25, 0.3) is 0 Å². The molecule has 0 aromatic heterocycles. The van der Waals surface area contributed by atoms with Crippen LogP contribution in [0, 0.1) is 0 Å². The van der Waals surface area contributed by atoms with E-state index < -0.39 is 11.7 Å². The van der Waals surface area contributed by atoms with Gasteiger partial charge in [-0.1, -0.05) is 19.1 Å². The van der Waals surface area contributed by atoms with Crippen LogP contribution in [0.2, 0.25) is 0 Å². The number of aliphatic hydroxyl groups excluding tert-OH is 1. The predicted octanol–water partition coefficient (Wildman–Crippen LogP) is 3.13. The zero-order chi connectivity index (χ0) is 13.8. The van der Waals surface area contributed by atoms with Crippen LogP contribution in [0.4, 0.5) is 13.2 Å². The van der Waals surface area contributed by atoms with E-state index in [2.05, 4.69) is 5.32 Å². The molecule has 0 heterocycles. The summed E-state index contributed by atoms with van der Waals surface area (Å²) in [5.74, 6) is 0. The van der Waals surface area contributed by atoms with Crippen molar-refractivity contribution in [3.8, 4) is 0 Å². The quantitative estimate of drug-likeness (QED) is 0.853. The Bertz CT molecular complexity index is 357. The molecule has 2 N–H and O–H groups in total. The molecule has 1 unspecified atom stereocenters. The van der Waals surface area contributed by atoms with Crippen molar-refractivity contribution < 1.29 is 18.3 Å². The third-order valence-electron chi connectivity index (χ3n) is 2.94. The van der Waals surface area contributed by atoms with E-state index in [-0.39, 0.29) is 18.7 Å². The van der Waals surface area contributed by atoms with Gasteiger partial charge in [-0.25, -0.2) is 0 Å². The Kier molecular flexibility index (Phi) is 5.16. The number of aliphatic hydroxyl groups is 1. The second kappa shape index (κ2) is 6.20. The normalized spacial score (nSPS) is 15.4. The van der Waals surface area contributed by atoms with Crippen LogP contribution in [-0.2, 0) is 6.18 Å². The fraction of sp³-hybridized carbons (Fsp3) is 0.538. The predicted molar refractivity (Wildman–Crippen MR) is 64.2 cm³/mol. The summed E-state index contributed by atoms with van der Waals surface area (Å²) in [6.45, 7) is 3.82. The summed E-state index contributed by atoms with van der Waals surface area (Å²) in [5.41, 5.74) is 0.127. The summed E-state index contributed by atoms with van der Waals surface area (Å²) >= 11 is 0. The summed E-state index contributed by atoms with van der Waals surface area (Å²) in [5, 5.41) is 12.2. The molecule has 0 radical (unpaired) electrons. The zero-order valence-electron chi connectivity index (χ0n) is 10.5. The first-order chi connectivity index (χ1) is 8.38. The molecule has 2 atom stereocenters. The lowest BCUT2D eigenvalue weighted by Crippen LogP contribution is -2.33. The van der Waals surface area contributed by atoms with Crippen LogP contribution in [-0.4, -0.2) is 17.8 Å². The van der Waals surface area contributed by atoms with Crippen LogP contribution >= 0.6 is 0 Å². The Hall–Kier alpha value is -1.07. The SMILES string of the molecule is CC[C@H](CO)NC(C)c1ccc(C(F)(F)F)cc1. The van der Waals surface area contributed by atoms with Crippen LogP contribution < -0.4 is 5.32 Å². The van der Waals surface area contributed by atoms with Gasteiger partial charge in [0, 0.05) is 12.1 Å². The van der Waals surface area contributed by atoms with Gasteiger partial charge in [-0.15, -0.1) is 0 Å². The van der Waals surface area contributed by atoms with E-state index in [0.717, 1.165) is 24.1 Å². The van der Waals surface area contributed by atoms with Gasteiger partial charge in [-0.2, -0.15) is 13.2 Å². The van der Waals surface area contributed by atoms with Crippen molar-refractivity contribution in [1.29, 1.82) is 0 Å². The lowest BCUT2D eigenvalue weighted by atomic mass is 10.0. The van der Waals surface area contributed by atoms with Crippen molar-refractivity contribution in [2.24, 2.45) is 0 Å². The molecule has 1 rings (SSSR count). The Morgan fingerprint density at radius 1 is 1.22 bits per heavy atom. The monoisotopic (exact) mass is 261 g/mol. The Balaban J connectivity index is 2.73. The molecule has 18 heavy (non-hydrogen) atoms. The number of hydrogen-bond donors (Lipinski definition) is 2. The van der Waals surface area contributed by atoms with Crippen LogP contribution in [0.1, 0.15) is 37.4 Å². The highest BCUT2D eigenvalue weighted by Crippen LogP contribution is 2.29. The molecule has 0 aliphatic carbocycles. The van der Waals surface area contributed by atoms with E-state index in [1.54, 1.807) is 0 Å². The highest BCUT2D eigenvalue weighted by molar-refractivity contribution is 5.26. The minimum Gasteiger partial charge on any atom is -0.395 e. The maximum absolute atomic E-state index is 12.4. The molecule has 0 fully saturated rings. The van der Waals surface area contributed by atoms with Gasteiger partial charge >= 0.3 is 6.18 Å². The largest absolute Gasteiger partial charge is 0.416 e. The first kappa shape index (κ1) is 15.0. The summed E-state index contributed by atoms with van der Waals surface area (Å²) in [6.07, 6.45) is -3.53.